The summed E-state index contributed by atoms with van der Waals surface area (Å²) in [7, 11) is 1.60. The maximum Gasteiger partial charge on any atom is 0.192 e. The minimum atomic E-state index is -1.77. The van der Waals surface area contributed by atoms with Gasteiger partial charge in [-0.25, -0.2) is 0 Å². The standard InChI is InChI=1S/C37H69NO12/c1-13-28-36(10,44)31(41)24(6)38-18-20(2)16-34(8,43)32(50-37(11)27(40)15-14-21(3)49-37)22(4)30(23(5)33(42)47-28)48-29-17-35(9,45-12)26(19-39)25(7)46-29/h20-22,24-33,38-44H,5,13-19H2,1-4,6-12H3/p+1/t20-,21-,22+,24-,25+,26?,27-,28-,29+,30+,31-,32-,33?,34-,35-,36-,37?/m1/s1. The van der Waals surface area contributed by atoms with Crippen molar-refractivity contribution in [2.45, 2.75) is 185 Å². The van der Waals surface area contributed by atoms with Gasteiger partial charge in [-0.2, -0.15) is 0 Å². The maximum absolute atomic E-state index is 12.4. The van der Waals surface area contributed by atoms with Crippen LogP contribution in [0.2, 0.25) is 0 Å². The van der Waals surface area contributed by atoms with Gasteiger partial charge in [0, 0.05) is 31.1 Å². The van der Waals surface area contributed by atoms with Gasteiger partial charge in [-0.15, -0.1) is 0 Å². The van der Waals surface area contributed by atoms with Crippen molar-refractivity contribution in [3.63, 3.8) is 0 Å². The van der Waals surface area contributed by atoms with Crippen molar-refractivity contribution in [3.8, 4) is 0 Å². The fraction of sp³-hybridized carbons (Fsp3) is 0.946. The summed E-state index contributed by atoms with van der Waals surface area (Å²) in [6, 6.07) is -0.568. The molecule has 0 spiro atoms. The van der Waals surface area contributed by atoms with Crippen LogP contribution in [0.4, 0.5) is 0 Å². The summed E-state index contributed by atoms with van der Waals surface area (Å²) >= 11 is 0. The van der Waals surface area contributed by atoms with Crippen molar-refractivity contribution in [1.82, 2.24) is 5.32 Å². The van der Waals surface area contributed by atoms with E-state index in [2.05, 4.69) is 11.9 Å². The third kappa shape index (κ3) is 9.65. The van der Waals surface area contributed by atoms with Gasteiger partial charge in [-0.05, 0) is 86.6 Å². The van der Waals surface area contributed by atoms with E-state index < -0.39 is 83.8 Å². The van der Waals surface area contributed by atoms with Crippen molar-refractivity contribution < 1.29 is 59.1 Å². The number of ether oxygens (including phenoxy) is 6. The van der Waals surface area contributed by atoms with Gasteiger partial charge in [-0.3, -0.25) is 0 Å². The zero-order valence-corrected chi connectivity index (χ0v) is 32.3. The van der Waals surface area contributed by atoms with Crippen LogP contribution in [0, 0.1) is 17.8 Å². The van der Waals surface area contributed by atoms with Gasteiger partial charge >= 0.3 is 0 Å². The Kier molecular flexibility index (Phi) is 14.9. The molecule has 0 saturated carbocycles. The highest BCUT2D eigenvalue weighted by Crippen LogP contribution is 2.42. The number of hydrogen-bond acceptors (Lipinski definition) is 12. The lowest BCUT2D eigenvalue weighted by molar-refractivity contribution is -0.351. The molecule has 3 aliphatic rings. The molecule has 0 amide bonds. The van der Waals surface area contributed by atoms with Crippen LogP contribution in [0.5, 0.6) is 0 Å². The second kappa shape index (κ2) is 17.1. The van der Waals surface area contributed by atoms with Gasteiger partial charge in [0.2, 0.25) is 0 Å². The molecule has 50 heavy (non-hydrogen) atoms. The van der Waals surface area contributed by atoms with E-state index in [4.69, 9.17) is 33.5 Å². The van der Waals surface area contributed by atoms with E-state index in [1.807, 2.05) is 34.6 Å². The summed E-state index contributed by atoms with van der Waals surface area (Å²) in [5.41, 5.74) is -3.98. The first kappa shape index (κ1) is 43.6. The van der Waals surface area contributed by atoms with Crippen LogP contribution < -0.4 is 5.32 Å². The molecule has 17 atom stereocenters. The highest BCUT2D eigenvalue weighted by atomic mass is 16.7. The highest BCUT2D eigenvalue weighted by molar-refractivity contribution is 5.12. The summed E-state index contributed by atoms with van der Waals surface area (Å²) < 4.78 is 38.0. The first-order valence-electron chi connectivity index (χ1n) is 18.5. The SMILES string of the molecule is C=C1C(O)O[C@H](CC)[C@@](C)(O)[C@H](O)[C@@H](C)NC[C@H](C)C[C@@](C)(O)[C@H](OC2(C)O[C@H](C)CC[C@H]2O)[C@@H](C)[C@@H]1O[C@H]1C[C@@](C)(OC)C(C[OH2+])[C@H](C)O1. The number of rotatable bonds is 7. The molecule has 0 bridgehead atoms. The molecule has 294 valence electrons. The van der Waals surface area contributed by atoms with Gasteiger partial charge < -0.3 is 64.4 Å². The smallest absolute Gasteiger partial charge is 0.192 e. The Balaban J connectivity index is 2.16. The Morgan fingerprint density at radius 1 is 0.980 bits per heavy atom. The van der Waals surface area contributed by atoms with Crippen LogP contribution in [0.25, 0.3) is 0 Å². The number of nitrogens with one attached hydrogen (secondary N) is 1. The van der Waals surface area contributed by atoms with Crippen molar-refractivity contribution in [2.75, 3.05) is 20.3 Å². The Hall–Kier alpha value is -0.780. The Bertz CT molecular complexity index is 1090. The van der Waals surface area contributed by atoms with Crippen molar-refractivity contribution in [3.05, 3.63) is 12.2 Å². The van der Waals surface area contributed by atoms with E-state index in [0.29, 0.717) is 19.4 Å². The van der Waals surface area contributed by atoms with Gasteiger partial charge in [0.05, 0.1) is 53.7 Å². The summed E-state index contributed by atoms with van der Waals surface area (Å²) in [6.45, 7) is 22.6. The molecule has 0 radical (unpaired) electrons. The predicted molar refractivity (Wildman–Crippen MR) is 188 cm³/mol. The van der Waals surface area contributed by atoms with Crippen LogP contribution in [0.3, 0.4) is 0 Å². The quantitative estimate of drug-likeness (QED) is 0.166. The second-order valence-corrected chi connectivity index (χ2v) is 16.3. The van der Waals surface area contributed by atoms with Gasteiger partial charge in [0.1, 0.15) is 11.7 Å². The third-order valence-corrected chi connectivity index (χ3v) is 11.7. The summed E-state index contributed by atoms with van der Waals surface area (Å²) in [4.78, 5) is 0. The molecule has 3 saturated heterocycles. The Morgan fingerprint density at radius 2 is 1.62 bits per heavy atom. The lowest BCUT2D eigenvalue weighted by atomic mass is 9.78. The Labute approximate surface area is 299 Å². The van der Waals surface area contributed by atoms with Crippen LogP contribution >= 0.6 is 0 Å². The monoisotopic (exact) mass is 720 g/mol. The predicted octanol–water partition coefficient (Wildman–Crippen LogP) is 2.10. The number of hydrogen-bond donors (Lipinski definition) is 6. The molecule has 0 aliphatic carbocycles. The fourth-order valence-electron chi connectivity index (χ4n) is 8.40. The van der Waals surface area contributed by atoms with Crippen LogP contribution in [0.15, 0.2) is 12.2 Å². The molecule has 0 aromatic rings. The van der Waals surface area contributed by atoms with Gasteiger partial charge in [0.25, 0.3) is 0 Å². The van der Waals surface area contributed by atoms with E-state index in [9.17, 15) is 25.5 Å². The van der Waals surface area contributed by atoms with Crippen LogP contribution in [0.1, 0.15) is 101 Å². The zero-order chi connectivity index (χ0) is 38.0. The average molecular weight is 721 g/mol. The molecule has 0 aromatic heterocycles. The minimum absolute atomic E-state index is 0.0846. The number of aliphatic hydroxyl groups is 5. The first-order valence-corrected chi connectivity index (χ1v) is 18.5. The second-order valence-electron chi connectivity index (χ2n) is 16.3. The van der Waals surface area contributed by atoms with E-state index in [0.717, 1.165) is 0 Å². The molecule has 3 rings (SSSR count). The van der Waals surface area contributed by atoms with E-state index >= 15 is 0 Å². The van der Waals surface area contributed by atoms with Gasteiger partial charge in [-0.1, -0.05) is 27.4 Å². The van der Waals surface area contributed by atoms with E-state index in [1.54, 1.807) is 34.8 Å². The molecule has 3 fully saturated rings. The molecule has 3 unspecified atom stereocenters. The molecular weight excluding hydrogens is 650 g/mol. The maximum atomic E-state index is 12.4. The number of aliphatic hydroxyl groups excluding tert-OH is 3. The first-order chi connectivity index (χ1) is 23.1. The molecule has 3 aliphatic heterocycles. The summed E-state index contributed by atoms with van der Waals surface area (Å²) in [5, 5.41) is 69.6. The molecule has 13 nitrogen and oxygen atoms in total. The molecule has 13 heteroatoms. The highest BCUT2D eigenvalue weighted by Gasteiger charge is 2.53. The van der Waals surface area contributed by atoms with Crippen LogP contribution in [-0.4, -0.2) is 135 Å². The lowest BCUT2D eigenvalue weighted by Crippen LogP contribution is -2.60. The lowest BCUT2D eigenvalue weighted by Gasteiger charge is -2.50. The third-order valence-electron chi connectivity index (χ3n) is 11.7. The fourth-order valence-corrected chi connectivity index (χ4v) is 8.40. The summed E-state index contributed by atoms with van der Waals surface area (Å²) in [5.74, 6) is -2.59. The largest absolute Gasteiger partial charge is 0.445 e. The normalized spacial score (nSPS) is 50.7. The van der Waals surface area contributed by atoms with Crippen LogP contribution in [-0.2, 0) is 28.4 Å². The van der Waals surface area contributed by atoms with Crippen molar-refractivity contribution >= 4 is 0 Å². The minimum Gasteiger partial charge on any atom is -0.445 e. The molecule has 0 aromatic carbocycles. The molecule has 8 N–H and O–H groups in total. The molecule has 3 heterocycles. The van der Waals surface area contributed by atoms with Crippen molar-refractivity contribution in [2.24, 2.45) is 17.8 Å². The molecular formula is C37H70NO12+. The number of methoxy groups -OCH3 is 1. The Morgan fingerprint density at radius 3 is 2.20 bits per heavy atom. The van der Waals surface area contributed by atoms with E-state index in [1.165, 1.54) is 6.92 Å². The summed E-state index contributed by atoms with van der Waals surface area (Å²) in [6.07, 6.45) is -6.67. The zero-order valence-electron chi connectivity index (χ0n) is 32.3. The topological polar surface area (TPSA) is 191 Å². The average Bonchev–Trinajstić information content (AvgIpc) is 3.03. The van der Waals surface area contributed by atoms with Gasteiger partial charge in [0.15, 0.2) is 25.0 Å². The van der Waals surface area contributed by atoms with Crippen molar-refractivity contribution in [1.29, 1.82) is 0 Å². The van der Waals surface area contributed by atoms with E-state index in [-0.39, 0.29) is 49.4 Å².